The normalized spacial score (nSPS) is 24.9. The molecule has 0 aromatic heterocycles. The highest BCUT2D eigenvalue weighted by Gasteiger charge is 2.23. The van der Waals surface area contributed by atoms with Crippen molar-refractivity contribution in [3.8, 4) is 0 Å². The Morgan fingerprint density at radius 1 is 1.19 bits per heavy atom. The number of aliphatic hydroxyl groups is 1. The highest BCUT2D eigenvalue weighted by molar-refractivity contribution is 6.35. The van der Waals surface area contributed by atoms with Crippen molar-refractivity contribution in [2.45, 2.75) is 37.8 Å². The van der Waals surface area contributed by atoms with Gasteiger partial charge in [0.1, 0.15) is 0 Å². The monoisotopic (exact) mass is 229 g/mol. The SMILES string of the molecule is NCCNC(=O)C(=O)NC1CCC(O)CC1. The Morgan fingerprint density at radius 3 is 2.38 bits per heavy atom. The third-order valence-corrected chi connectivity index (χ3v) is 2.67. The van der Waals surface area contributed by atoms with E-state index >= 15 is 0 Å². The second-order valence-corrected chi connectivity index (χ2v) is 4.02. The van der Waals surface area contributed by atoms with Gasteiger partial charge in [0.15, 0.2) is 0 Å². The van der Waals surface area contributed by atoms with E-state index in [0.717, 1.165) is 12.8 Å². The molecule has 2 amide bonds. The van der Waals surface area contributed by atoms with Crippen molar-refractivity contribution >= 4 is 11.8 Å². The van der Waals surface area contributed by atoms with Crippen molar-refractivity contribution in [1.29, 1.82) is 0 Å². The van der Waals surface area contributed by atoms with E-state index in [4.69, 9.17) is 5.73 Å². The maximum atomic E-state index is 11.4. The Hall–Kier alpha value is -1.14. The number of amides is 2. The maximum absolute atomic E-state index is 11.4. The van der Waals surface area contributed by atoms with Gasteiger partial charge in [-0.05, 0) is 25.7 Å². The molecule has 1 fully saturated rings. The summed E-state index contributed by atoms with van der Waals surface area (Å²) < 4.78 is 0. The summed E-state index contributed by atoms with van der Waals surface area (Å²) in [5, 5.41) is 14.3. The highest BCUT2D eigenvalue weighted by atomic mass is 16.3. The number of hydrogen-bond donors (Lipinski definition) is 4. The molecule has 0 aliphatic heterocycles. The van der Waals surface area contributed by atoms with E-state index in [1.54, 1.807) is 0 Å². The molecule has 5 N–H and O–H groups in total. The van der Waals surface area contributed by atoms with Crippen molar-refractivity contribution in [2.75, 3.05) is 13.1 Å². The molecule has 0 aromatic rings. The molecule has 1 aliphatic carbocycles. The van der Waals surface area contributed by atoms with Crippen LogP contribution in [0.1, 0.15) is 25.7 Å². The summed E-state index contributed by atoms with van der Waals surface area (Å²) in [6.45, 7) is 0.615. The van der Waals surface area contributed by atoms with Crippen LogP contribution in [0.15, 0.2) is 0 Å². The molecule has 0 bridgehead atoms. The van der Waals surface area contributed by atoms with Crippen LogP contribution in [0.2, 0.25) is 0 Å². The van der Waals surface area contributed by atoms with Gasteiger partial charge in [0.05, 0.1) is 6.10 Å². The number of hydrogen-bond acceptors (Lipinski definition) is 4. The first-order chi connectivity index (χ1) is 7.63. The first-order valence-electron chi connectivity index (χ1n) is 5.60. The number of nitrogens with one attached hydrogen (secondary N) is 2. The molecule has 16 heavy (non-hydrogen) atoms. The van der Waals surface area contributed by atoms with Crippen LogP contribution in [0.3, 0.4) is 0 Å². The largest absolute Gasteiger partial charge is 0.393 e. The Morgan fingerprint density at radius 2 is 1.81 bits per heavy atom. The van der Waals surface area contributed by atoms with Crippen molar-refractivity contribution < 1.29 is 14.7 Å². The fraction of sp³-hybridized carbons (Fsp3) is 0.800. The fourth-order valence-corrected chi connectivity index (χ4v) is 1.74. The van der Waals surface area contributed by atoms with Gasteiger partial charge in [-0.1, -0.05) is 0 Å². The molecule has 0 aromatic carbocycles. The van der Waals surface area contributed by atoms with Gasteiger partial charge in [0, 0.05) is 19.1 Å². The highest BCUT2D eigenvalue weighted by Crippen LogP contribution is 2.17. The van der Waals surface area contributed by atoms with E-state index in [-0.39, 0.29) is 12.1 Å². The van der Waals surface area contributed by atoms with Crippen LogP contribution >= 0.6 is 0 Å². The fourth-order valence-electron chi connectivity index (χ4n) is 1.74. The zero-order valence-corrected chi connectivity index (χ0v) is 9.24. The molecular formula is C10H19N3O3. The molecule has 92 valence electrons. The first-order valence-corrected chi connectivity index (χ1v) is 5.60. The van der Waals surface area contributed by atoms with Gasteiger partial charge in [-0.15, -0.1) is 0 Å². The molecule has 0 atom stereocenters. The lowest BCUT2D eigenvalue weighted by molar-refractivity contribution is -0.139. The molecule has 6 nitrogen and oxygen atoms in total. The second-order valence-electron chi connectivity index (χ2n) is 4.02. The molecule has 0 spiro atoms. The van der Waals surface area contributed by atoms with Crippen LogP contribution in [0.25, 0.3) is 0 Å². The summed E-state index contributed by atoms with van der Waals surface area (Å²) in [5.41, 5.74) is 5.20. The minimum atomic E-state index is -0.642. The van der Waals surface area contributed by atoms with E-state index in [1.807, 2.05) is 0 Å². The molecule has 1 saturated carbocycles. The molecule has 0 unspecified atom stereocenters. The minimum Gasteiger partial charge on any atom is -0.393 e. The minimum absolute atomic E-state index is 0.000438. The lowest BCUT2D eigenvalue weighted by Crippen LogP contribution is -2.46. The van der Waals surface area contributed by atoms with Crippen molar-refractivity contribution in [3.63, 3.8) is 0 Å². The van der Waals surface area contributed by atoms with Gasteiger partial charge in [-0.3, -0.25) is 9.59 Å². The van der Waals surface area contributed by atoms with Gasteiger partial charge in [0.2, 0.25) is 0 Å². The Kier molecular flexibility index (Phi) is 5.21. The summed E-state index contributed by atoms with van der Waals surface area (Å²) in [6.07, 6.45) is 2.53. The van der Waals surface area contributed by atoms with Gasteiger partial charge >= 0.3 is 11.8 Å². The van der Waals surface area contributed by atoms with Crippen LogP contribution < -0.4 is 16.4 Å². The molecule has 0 heterocycles. The van der Waals surface area contributed by atoms with Crippen LogP contribution in [0.5, 0.6) is 0 Å². The topological polar surface area (TPSA) is 104 Å². The summed E-state index contributed by atoms with van der Waals surface area (Å²) in [5.74, 6) is -1.26. The Bertz CT molecular complexity index is 250. The Balaban J connectivity index is 2.25. The average Bonchev–Trinajstić information content (AvgIpc) is 2.29. The van der Waals surface area contributed by atoms with Crippen LogP contribution in [0, 0.1) is 0 Å². The van der Waals surface area contributed by atoms with Gasteiger partial charge in [-0.25, -0.2) is 0 Å². The van der Waals surface area contributed by atoms with Gasteiger partial charge in [0.25, 0.3) is 0 Å². The summed E-state index contributed by atoms with van der Waals surface area (Å²) >= 11 is 0. The van der Waals surface area contributed by atoms with Crippen molar-refractivity contribution in [3.05, 3.63) is 0 Å². The molecule has 0 saturated heterocycles. The summed E-state index contributed by atoms with van der Waals surface area (Å²) in [6, 6.07) is -0.000438. The van der Waals surface area contributed by atoms with Crippen LogP contribution in [-0.2, 0) is 9.59 Å². The molecule has 0 radical (unpaired) electrons. The third-order valence-electron chi connectivity index (χ3n) is 2.67. The third kappa shape index (κ3) is 4.16. The number of nitrogens with two attached hydrogens (primary N) is 1. The van der Waals surface area contributed by atoms with Crippen LogP contribution in [0.4, 0.5) is 0 Å². The lowest BCUT2D eigenvalue weighted by atomic mass is 9.93. The van der Waals surface area contributed by atoms with Gasteiger partial charge < -0.3 is 21.5 Å². The number of rotatable bonds is 3. The van der Waals surface area contributed by atoms with E-state index in [0.29, 0.717) is 25.9 Å². The lowest BCUT2D eigenvalue weighted by Gasteiger charge is -2.25. The van der Waals surface area contributed by atoms with E-state index < -0.39 is 11.8 Å². The number of aliphatic hydroxyl groups excluding tert-OH is 1. The smallest absolute Gasteiger partial charge is 0.309 e. The zero-order chi connectivity index (χ0) is 12.0. The van der Waals surface area contributed by atoms with Crippen molar-refractivity contribution in [1.82, 2.24) is 10.6 Å². The molecule has 1 aliphatic rings. The van der Waals surface area contributed by atoms with E-state index in [2.05, 4.69) is 10.6 Å². The molecule has 6 heteroatoms. The maximum Gasteiger partial charge on any atom is 0.309 e. The summed E-state index contributed by atoms with van der Waals surface area (Å²) in [4.78, 5) is 22.6. The average molecular weight is 229 g/mol. The number of carbonyl (C=O) groups excluding carboxylic acids is 2. The summed E-state index contributed by atoms with van der Waals surface area (Å²) in [7, 11) is 0. The predicted octanol–water partition coefficient (Wildman–Crippen LogP) is -1.52. The number of carbonyl (C=O) groups is 2. The Labute approximate surface area is 94.6 Å². The standard InChI is InChI=1S/C10H19N3O3/c11-5-6-12-9(15)10(16)13-7-1-3-8(14)4-2-7/h7-8,14H,1-6,11H2,(H,12,15)(H,13,16). The predicted molar refractivity (Wildman–Crippen MR) is 58.5 cm³/mol. The zero-order valence-electron chi connectivity index (χ0n) is 9.24. The van der Waals surface area contributed by atoms with Crippen molar-refractivity contribution in [2.24, 2.45) is 5.73 Å². The van der Waals surface area contributed by atoms with Crippen LogP contribution in [-0.4, -0.2) is 42.2 Å². The van der Waals surface area contributed by atoms with E-state index in [9.17, 15) is 14.7 Å². The molecule has 1 rings (SSSR count). The first kappa shape index (κ1) is 12.9. The molecular weight excluding hydrogens is 210 g/mol. The van der Waals surface area contributed by atoms with E-state index in [1.165, 1.54) is 0 Å². The second kappa shape index (κ2) is 6.44. The van der Waals surface area contributed by atoms with Gasteiger partial charge in [-0.2, -0.15) is 0 Å². The quantitative estimate of drug-likeness (QED) is 0.441.